The van der Waals surface area contributed by atoms with E-state index in [-0.39, 0.29) is 6.54 Å². The highest BCUT2D eigenvalue weighted by molar-refractivity contribution is 5.95. The minimum absolute atomic E-state index is 0.0936. The molecule has 1 aromatic rings. The summed E-state index contributed by atoms with van der Waals surface area (Å²) < 4.78 is 4.36. The van der Waals surface area contributed by atoms with Gasteiger partial charge in [0.2, 0.25) is 5.91 Å². The molecule has 0 fully saturated rings. The standard InChI is InChI=1S/C12H15N3O3/c1-18-12(17)14-10(16)7-15-6-5-8-3-2-4-9(13)11(8)15/h2-4H,5-7,13H2,1H3,(H,14,16,17). The van der Waals surface area contributed by atoms with E-state index in [0.29, 0.717) is 5.69 Å². The van der Waals surface area contributed by atoms with Gasteiger partial charge in [-0.1, -0.05) is 12.1 Å². The first-order chi connectivity index (χ1) is 8.61. The van der Waals surface area contributed by atoms with Gasteiger partial charge in [0.05, 0.1) is 25.0 Å². The van der Waals surface area contributed by atoms with E-state index in [1.165, 1.54) is 7.11 Å². The van der Waals surface area contributed by atoms with Crippen molar-refractivity contribution in [2.24, 2.45) is 0 Å². The smallest absolute Gasteiger partial charge is 0.413 e. The molecule has 1 heterocycles. The molecule has 96 valence electrons. The summed E-state index contributed by atoms with van der Waals surface area (Å²) in [4.78, 5) is 24.4. The van der Waals surface area contributed by atoms with Gasteiger partial charge in [-0.25, -0.2) is 4.79 Å². The number of nitrogens with two attached hydrogens (primary N) is 1. The van der Waals surface area contributed by atoms with Crippen LogP contribution in [0.4, 0.5) is 16.2 Å². The van der Waals surface area contributed by atoms with Crippen LogP contribution in [0.3, 0.4) is 0 Å². The molecule has 2 amide bonds. The molecule has 0 atom stereocenters. The Balaban J connectivity index is 2.06. The maximum atomic E-state index is 11.6. The second-order valence-corrected chi connectivity index (χ2v) is 4.07. The van der Waals surface area contributed by atoms with Crippen molar-refractivity contribution in [3.8, 4) is 0 Å². The van der Waals surface area contributed by atoms with Crippen LogP contribution in [0.2, 0.25) is 0 Å². The number of nitrogens with zero attached hydrogens (tertiary/aromatic N) is 1. The SMILES string of the molecule is COC(=O)NC(=O)CN1CCc2cccc(N)c21. The summed E-state index contributed by atoms with van der Waals surface area (Å²) in [7, 11) is 1.21. The molecular weight excluding hydrogens is 234 g/mol. The second kappa shape index (κ2) is 4.95. The lowest BCUT2D eigenvalue weighted by atomic mass is 10.1. The molecule has 0 aliphatic carbocycles. The van der Waals surface area contributed by atoms with Gasteiger partial charge in [-0.3, -0.25) is 10.1 Å². The number of carbonyl (C=O) groups excluding carboxylic acids is 2. The normalized spacial score (nSPS) is 13.1. The Labute approximate surface area is 105 Å². The van der Waals surface area contributed by atoms with Gasteiger partial charge in [0, 0.05) is 6.54 Å². The minimum Gasteiger partial charge on any atom is -0.453 e. The van der Waals surface area contributed by atoms with E-state index in [1.807, 2.05) is 17.0 Å². The highest BCUT2D eigenvalue weighted by atomic mass is 16.5. The molecule has 0 bridgehead atoms. The molecule has 3 N–H and O–H groups in total. The second-order valence-electron chi connectivity index (χ2n) is 4.07. The Bertz CT molecular complexity index is 487. The number of amides is 2. The van der Waals surface area contributed by atoms with Crippen LogP contribution < -0.4 is 16.0 Å². The van der Waals surface area contributed by atoms with Gasteiger partial charge in [0.1, 0.15) is 0 Å². The number of para-hydroxylation sites is 1. The Hall–Kier alpha value is -2.24. The molecule has 6 nitrogen and oxygen atoms in total. The first-order valence-electron chi connectivity index (χ1n) is 5.62. The maximum absolute atomic E-state index is 11.6. The summed E-state index contributed by atoms with van der Waals surface area (Å²) in [5, 5.41) is 2.12. The third kappa shape index (κ3) is 2.37. The zero-order valence-electron chi connectivity index (χ0n) is 10.1. The van der Waals surface area contributed by atoms with E-state index in [0.717, 1.165) is 24.2 Å². The fraction of sp³-hybridized carbons (Fsp3) is 0.333. The molecule has 2 rings (SSSR count). The van der Waals surface area contributed by atoms with Crippen LogP contribution in [0.15, 0.2) is 18.2 Å². The van der Waals surface area contributed by atoms with Gasteiger partial charge in [0.15, 0.2) is 0 Å². The lowest BCUT2D eigenvalue weighted by Crippen LogP contribution is -2.39. The van der Waals surface area contributed by atoms with Gasteiger partial charge < -0.3 is 15.4 Å². The van der Waals surface area contributed by atoms with Gasteiger partial charge in [-0.05, 0) is 18.1 Å². The number of fused-ring (bicyclic) bond motifs is 1. The number of benzene rings is 1. The number of methoxy groups -OCH3 is 1. The molecule has 0 aromatic heterocycles. The topological polar surface area (TPSA) is 84.7 Å². The summed E-state index contributed by atoms with van der Waals surface area (Å²) in [6.07, 6.45) is 0.103. The van der Waals surface area contributed by atoms with Crippen LogP contribution in [0.5, 0.6) is 0 Å². The summed E-state index contributed by atoms with van der Waals surface area (Å²) in [6, 6.07) is 5.69. The zero-order valence-corrected chi connectivity index (χ0v) is 10.1. The van der Waals surface area contributed by atoms with E-state index >= 15 is 0 Å². The fourth-order valence-corrected chi connectivity index (χ4v) is 2.10. The third-order valence-electron chi connectivity index (χ3n) is 2.88. The zero-order chi connectivity index (χ0) is 13.1. The molecule has 0 saturated carbocycles. The Kier molecular flexibility index (Phi) is 3.36. The molecule has 1 aliphatic rings. The first kappa shape index (κ1) is 12.2. The summed E-state index contributed by atoms with van der Waals surface area (Å²) in [5.41, 5.74) is 8.56. The highest BCUT2D eigenvalue weighted by Gasteiger charge is 2.23. The molecule has 0 radical (unpaired) electrons. The summed E-state index contributed by atoms with van der Waals surface area (Å²) in [6.45, 7) is 0.814. The van der Waals surface area contributed by atoms with Gasteiger partial charge >= 0.3 is 6.09 Å². The number of hydrogen-bond acceptors (Lipinski definition) is 5. The Morgan fingerprint density at radius 3 is 3.00 bits per heavy atom. The molecule has 0 unspecified atom stereocenters. The van der Waals surface area contributed by atoms with Crippen molar-refractivity contribution in [2.75, 3.05) is 30.8 Å². The van der Waals surface area contributed by atoms with Gasteiger partial charge in [0.25, 0.3) is 0 Å². The number of nitrogens with one attached hydrogen (secondary N) is 1. The number of anilines is 2. The fourth-order valence-electron chi connectivity index (χ4n) is 2.10. The predicted octanol–water partition coefficient (Wildman–Crippen LogP) is 0.514. The van der Waals surface area contributed by atoms with Gasteiger partial charge in [-0.15, -0.1) is 0 Å². The van der Waals surface area contributed by atoms with Crippen LogP contribution in [-0.4, -0.2) is 32.2 Å². The van der Waals surface area contributed by atoms with E-state index in [9.17, 15) is 9.59 Å². The van der Waals surface area contributed by atoms with Crippen LogP contribution in [-0.2, 0) is 16.0 Å². The largest absolute Gasteiger partial charge is 0.453 e. The van der Waals surface area contributed by atoms with Crippen molar-refractivity contribution in [3.05, 3.63) is 23.8 Å². The molecule has 1 aliphatic heterocycles. The van der Waals surface area contributed by atoms with Crippen molar-refractivity contribution >= 4 is 23.4 Å². The molecule has 0 saturated heterocycles. The monoisotopic (exact) mass is 249 g/mol. The number of alkyl carbamates (subject to hydrolysis) is 1. The predicted molar refractivity (Wildman–Crippen MR) is 67.3 cm³/mol. The highest BCUT2D eigenvalue weighted by Crippen LogP contribution is 2.33. The third-order valence-corrected chi connectivity index (χ3v) is 2.88. The minimum atomic E-state index is -0.750. The van der Waals surface area contributed by atoms with E-state index in [1.54, 1.807) is 6.07 Å². The summed E-state index contributed by atoms with van der Waals surface area (Å²) >= 11 is 0. The Morgan fingerprint density at radius 1 is 1.50 bits per heavy atom. The van der Waals surface area contributed by atoms with Crippen molar-refractivity contribution in [2.45, 2.75) is 6.42 Å². The maximum Gasteiger partial charge on any atom is 0.413 e. The van der Waals surface area contributed by atoms with Crippen molar-refractivity contribution < 1.29 is 14.3 Å². The lowest BCUT2D eigenvalue weighted by Gasteiger charge is -2.19. The lowest BCUT2D eigenvalue weighted by molar-refractivity contribution is -0.119. The average molecular weight is 249 g/mol. The quantitative estimate of drug-likeness (QED) is 0.746. The van der Waals surface area contributed by atoms with Crippen LogP contribution in [0, 0.1) is 0 Å². The van der Waals surface area contributed by atoms with Crippen molar-refractivity contribution in [3.63, 3.8) is 0 Å². The summed E-state index contributed by atoms with van der Waals surface area (Å²) in [5.74, 6) is -0.405. The number of nitrogen functional groups attached to an aromatic ring is 1. The van der Waals surface area contributed by atoms with E-state index in [2.05, 4.69) is 10.1 Å². The number of rotatable bonds is 2. The molecule has 18 heavy (non-hydrogen) atoms. The van der Waals surface area contributed by atoms with Crippen LogP contribution >= 0.6 is 0 Å². The van der Waals surface area contributed by atoms with Crippen molar-refractivity contribution in [1.82, 2.24) is 5.32 Å². The number of imide groups is 1. The molecule has 6 heteroatoms. The van der Waals surface area contributed by atoms with Crippen LogP contribution in [0.1, 0.15) is 5.56 Å². The number of hydrogen-bond donors (Lipinski definition) is 2. The first-order valence-corrected chi connectivity index (χ1v) is 5.62. The molecule has 1 aromatic carbocycles. The van der Waals surface area contributed by atoms with E-state index < -0.39 is 12.0 Å². The van der Waals surface area contributed by atoms with E-state index in [4.69, 9.17) is 5.73 Å². The van der Waals surface area contributed by atoms with Crippen molar-refractivity contribution in [1.29, 1.82) is 0 Å². The molecule has 0 spiro atoms. The number of carbonyl (C=O) groups is 2. The average Bonchev–Trinajstić information content (AvgIpc) is 2.73. The van der Waals surface area contributed by atoms with Gasteiger partial charge in [-0.2, -0.15) is 0 Å². The Morgan fingerprint density at radius 2 is 2.28 bits per heavy atom. The van der Waals surface area contributed by atoms with Crippen LogP contribution in [0.25, 0.3) is 0 Å². The molecular formula is C12H15N3O3. The number of ether oxygens (including phenoxy) is 1.